The van der Waals surface area contributed by atoms with Crippen LogP contribution in [0.25, 0.3) is 0 Å². The highest BCUT2D eigenvalue weighted by Gasteiger charge is 2.28. The molecule has 0 radical (unpaired) electrons. The van der Waals surface area contributed by atoms with E-state index in [-0.39, 0.29) is 5.75 Å². The van der Waals surface area contributed by atoms with Gasteiger partial charge in [0.05, 0.1) is 5.75 Å². The molecular weight excluding hydrogens is 381 g/mol. The summed E-state index contributed by atoms with van der Waals surface area (Å²) in [5.74, 6) is 1.06. The van der Waals surface area contributed by atoms with E-state index in [4.69, 9.17) is 0 Å². The topological polar surface area (TPSA) is 69.6 Å². The van der Waals surface area contributed by atoms with Crippen molar-refractivity contribution in [3.63, 3.8) is 0 Å². The van der Waals surface area contributed by atoms with Crippen LogP contribution in [0.2, 0.25) is 0 Å². The van der Waals surface area contributed by atoms with Gasteiger partial charge in [-0.25, -0.2) is 12.8 Å². The maximum atomic E-state index is 13.3. The van der Waals surface area contributed by atoms with E-state index < -0.39 is 15.8 Å². The Bertz CT molecular complexity index is 908. The van der Waals surface area contributed by atoms with Gasteiger partial charge in [0, 0.05) is 39.3 Å². The fourth-order valence-corrected chi connectivity index (χ4v) is 5.23. The van der Waals surface area contributed by atoms with Gasteiger partial charge < -0.3 is 9.80 Å². The number of rotatable bonds is 5. The number of anilines is 2. The van der Waals surface area contributed by atoms with Crippen LogP contribution in [0, 0.1) is 5.82 Å². The lowest BCUT2D eigenvalue weighted by atomic mass is 10.2. The molecule has 2 aliphatic heterocycles. The fraction of sp³-hybridized carbons (Fsp3) is 0.474. The average molecular weight is 405 g/mol. The molecule has 150 valence electrons. The van der Waals surface area contributed by atoms with E-state index in [2.05, 4.69) is 20.0 Å². The standard InChI is InChI=1S/C19H24FN5O2S/c20-17-5-3-4-16(14-17)15-28(26,27)25-12-10-24(11-13-25)19-7-6-18(21-22-19)23-8-1-2-9-23/h3-7,14H,1-2,8-13,15H2. The summed E-state index contributed by atoms with van der Waals surface area (Å²) in [6.07, 6.45) is 2.38. The Morgan fingerprint density at radius 2 is 1.46 bits per heavy atom. The van der Waals surface area contributed by atoms with Crippen LogP contribution in [-0.2, 0) is 15.8 Å². The van der Waals surface area contributed by atoms with Crippen LogP contribution in [0.3, 0.4) is 0 Å². The number of hydrogen-bond acceptors (Lipinski definition) is 6. The lowest BCUT2D eigenvalue weighted by Crippen LogP contribution is -2.49. The van der Waals surface area contributed by atoms with Crippen LogP contribution >= 0.6 is 0 Å². The SMILES string of the molecule is O=S(=O)(Cc1cccc(F)c1)N1CCN(c2ccc(N3CCCC3)nn2)CC1. The molecule has 0 atom stereocenters. The molecule has 2 aliphatic rings. The molecule has 0 spiro atoms. The molecule has 0 bridgehead atoms. The zero-order valence-corrected chi connectivity index (χ0v) is 16.5. The minimum atomic E-state index is -3.48. The van der Waals surface area contributed by atoms with Gasteiger partial charge in [-0.2, -0.15) is 4.31 Å². The Morgan fingerprint density at radius 1 is 0.857 bits per heavy atom. The van der Waals surface area contributed by atoms with Gasteiger partial charge in [0.1, 0.15) is 5.82 Å². The fourth-order valence-electron chi connectivity index (χ4n) is 3.73. The molecule has 9 heteroatoms. The molecule has 0 unspecified atom stereocenters. The van der Waals surface area contributed by atoms with Gasteiger partial charge in [-0.3, -0.25) is 0 Å². The third-order valence-corrected chi connectivity index (χ3v) is 7.11. The molecule has 2 saturated heterocycles. The molecule has 1 aromatic heterocycles. The third kappa shape index (κ3) is 4.25. The van der Waals surface area contributed by atoms with E-state index in [0.717, 1.165) is 24.7 Å². The van der Waals surface area contributed by atoms with Crippen LogP contribution in [0.15, 0.2) is 36.4 Å². The minimum Gasteiger partial charge on any atom is -0.355 e. The lowest BCUT2D eigenvalue weighted by Gasteiger charge is -2.34. The molecule has 1 aromatic carbocycles. The minimum absolute atomic E-state index is 0.185. The number of hydrogen-bond donors (Lipinski definition) is 0. The van der Waals surface area contributed by atoms with Crippen molar-refractivity contribution in [3.05, 3.63) is 47.8 Å². The maximum absolute atomic E-state index is 13.3. The van der Waals surface area contributed by atoms with Crippen LogP contribution in [0.5, 0.6) is 0 Å². The van der Waals surface area contributed by atoms with E-state index in [1.807, 2.05) is 12.1 Å². The zero-order chi connectivity index (χ0) is 19.6. The quantitative estimate of drug-likeness (QED) is 0.756. The van der Waals surface area contributed by atoms with E-state index >= 15 is 0 Å². The summed E-state index contributed by atoms with van der Waals surface area (Å²) in [5.41, 5.74) is 0.464. The Hall–Kier alpha value is -2.26. The first-order valence-electron chi connectivity index (χ1n) is 9.57. The second-order valence-electron chi connectivity index (χ2n) is 7.22. The Morgan fingerprint density at radius 3 is 2.04 bits per heavy atom. The summed E-state index contributed by atoms with van der Waals surface area (Å²) in [6, 6.07) is 9.69. The van der Waals surface area contributed by atoms with Crippen molar-refractivity contribution < 1.29 is 12.8 Å². The first-order chi connectivity index (χ1) is 13.5. The van der Waals surface area contributed by atoms with Crippen molar-refractivity contribution in [2.24, 2.45) is 0 Å². The van der Waals surface area contributed by atoms with Crippen LogP contribution in [0.1, 0.15) is 18.4 Å². The van der Waals surface area contributed by atoms with Crippen LogP contribution in [0.4, 0.5) is 16.0 Å². The highest BCUT2D eigenvalue weighted by Crippen LogP contribution is 2.21. The molecule has 0 saturated carbocycles. The van der Waals surface area contributed by atoms with Crippen LogP contribution < -0.4 is 9.80 Å². The normalized spacial score (nSPS) is 18.6. The molecule has 2 fully saturated rings. The highest BCUT2D eigenvalue weighted by molar-refractivity contribution is 7.88. The van der Waals surface area contributed by atoms with Gasteiger partial charge >= 0.3 is 0 Å². The van der Waals surface area contributed by atoms with Crippen molar-refractivity contribution in [2.75, 3.05) is 49.1 Å². The molecule has 7 nitrogen and oxygen atoms in total. The smallest absolute Gasteiger partial charge is 0.218 e. The Kier molecular flexibility index (Phi) is 5.45. The summed E-state index contributed by atoms with van der Waals surface area (Å²) in [4.78, 5) is 4.28. The van der Waals surface area contributed by atoms with Gasteiger partial charge in [0.15, 0.2) is 11.6 Å². The number of benzene rings is 1. The second kappa shape index (κ2) is 8.00. The number of nitrogens with zero attached hydrogens (tertiary/aromatic N) is 5. The van der Waals surface area contributed by atoms with Gasteiger partial charge in [-0.1, -0.05) is 12.1 Å². The molecule has 2 aromatic rings. The maximum Gasteiger partial charge on any atom is 0.218 e. The molecule has 28 heavy (non-hydrogen) atoms. The van der Waals surface area contributed by atoms with E-state index in [1.165, 1.54) is 35.3 Å². The largest absolute Gasteiger partial charge is 0.355 e. The lowest BCUT2D eigenvalue weighted by molar-refractivity contribution is 0.383. The Balaban J connectivity index is 1.36. The molecule has 0 aliphatic carbocycles. The van der Waals surface area contributed by atoms with Gasteiger partial charge in [-0.05, 0) is 42.7 Å². The second-order valence-corrected chi connectivity index (χ2v) is 9.19. The van der Waals surface area contributed by atoms with Gasteiger partial charge in [0.2, 0.25) is 10.0 Å². The van der Waals surface area contributed by atoms with Gasteiger partial charge in [-0.15, -0.1) is 10.2 Å². The van der Waals surface area contributed by atoms with Gasteiger partial charge in [0.25, 0.3) is 0 Å². The molecule has 0 amide bonds. The number of aromatic nitrogens is 2. The summed E-state index contributed by atoms with van der Waals surface area (Å²) in [7, 11) is -3.48. The Labute approximate surface area is 164 Å². The molecule has 0 N–H and O–H groups in total. The molecular formula is C19H24FN5O2S. The summed E-state index contributed by atoms with van der Waals surface area (Å²) >= 11 is 0. The van der Waals surface area contributed by atoms with Crippen molar-refractivity contribution in [2.45, 2.75) is 18.6 Å². The molecule has 4 rings (SSSR count). The first-order valence-corrected chi connectivity index (χ1v) is 11.2. The first kappa shape index (κ1) is 19.1. The van der Waals surface area contributed by atoms with E-state index in [1.54, 1.807) is 6.07 Å². The predicted molar refractivity (Wildman–Crippen MR) is 106 cm³/mol. The molecule has 3 heterocycles. The van der Waals surface area contributed by atoms with Crippen molar-refractivity contribution >= 4 is 21.7 Å². The van der Waals surface area contributed by atoms with Crippen molar-refractivity contribution in [1.82, 2.24) is 14.5 Å². The summed E-state index contributed by atoms with van der Waals surface area (Å²) < 4.78 is 40.1. The van der Waals surface area contributed by atoms with Crippen molar-refractivity contribution in [3.8, 4) is 0 Å². The average Bonchev–Trinajstić information content (AvgIpc) is 3.23. The predicted octanol–water partition coefficient (Wildman–Crippen LogP) is 1.87. The zero-order valence-electron chi connectivity index (χ0n) is 15.7. The monoisotopic (exact) mass is 405 g/mol. The van der Waals surface area contributed by atoms with E-state index in [9.17, 15) is 12.8 Å². The number of halogens is 1. The highest BCUT2D eigenvalue weighted by atomic mass is 32.2. The number of sulfonamides is 1. The van der Waals surface area contributed by atoms with Crippen molar-refractivity contribution in [1.29, 1.82) is 0 Å². The third-order valence-electron chi connectivity index (χ3n) is 5.26. The summed E-state index contributed by atoms with van der Waals surface area (Å²) in [6.45, 7) is 3.92. The van der Waals surface area contributed by atoms with Crippen LogP contribution in [-0.4, -0.2) is 62.2 Å². The summed E-state index contributed by atoms with van der Waals surface area (Å²) in [5, 5.41) is 8.67. The number of piperazine rings is 1. The van der Waals surface area contributed by atoms with E-state index in [0.29, 0.717) is 31.7 Å².